The molecule has 0 saturated heterocycles. The monoisotopic (exact) mass is 726 g/mol. The highest BCUT2D eigenvalue weighted by molar-refractivity contribution is 6.10. The number of fused-ring (bicyclic) bond motifs is 3. The summed E-state index contributed by atoms with van der Waals surface area (Å²) in [6.07, 6.45) is 21.1. The SMILES string of the molecule is C=C/C=C\C=C/N(c1ccc(-c2ccc3c(c2)c2ccccc2n3-c2ccccc2)cc1C)c1ccccc1/C(=C\C)c1ccc(C2=CC=CCC2)cc1.CC. The summed E-state index contributed by atoms with van der Waals surface area (Å²) in [5.41, 5.74) is 15.7. The molecule has 7 aromatic rings. The van der Waals surface area contributed by atoms with Crippen molar-refractivity contribution in [2.24, 2.45) is 0 Å². The first kappa shape index (κ1) is 37.7. The van der Waals surface area contributed by atoms with Crippen molar-refractivity contribution >= 4 is 44.3 Å². The van der Waals surface area contributed by atoms with Gasteiger partial charge >= 0.3 is 0 Å². The standard InChI is InChI=1S/C52H44N2.C2H6/c1-4-6-7-18-35-53(50-25-16-14-23-46(50)45(5-2)41-29-27-40(28-30-41)39-19-10-8-11-20-39)49-33-31-42(36-38(49)3)43-32-34-52-48(37-43)47-24-15-17-26-51(47)54(52)44-21-12-9-13-22-44;1-2/h4-10,12-19,21-37H,1,11,20H2,2-3H3;1-2H3/b7-6-,35-18-,45-5-;. The lowest BCUT2D eigenvalue weighted by molar-refractivity contribution is 1.05. The Bertz CT molecular complexity index is 2620. The molecule has 0 unspecified atom stereocenters. The van der Waals surface area contributed by atoms with Crippen LogP contribution in [0.2, 0.25) is 0 Å². The van der Waals surface area contributed by atoms with E-state index in [-0.39, 0.29) is 0 Å². The van der Waals surface area contributed by atoms with Gasteiger partial charge in [0.15, 0.2) is 0 Å². The highest BCUT2D eigenvalue weighted by Gasteiger charge is 2.18. The van der Waals surface area contributed by atoms with E-state index in [2.05, 4.69) is 206 Å². The second-order valence-electron chi connectivity index (χ2n) is 13.7. The molecule has 6 aromatic carbocycles. The Balaban J connectivity index is 0.00000237. The van der Waals surface area contributed by atoms with Gasteiger partial charge in [-0.3, -0.25) is 0 Å². The largest absolute Gasteiger partial charge is 0.316 e. The van der Waals surface area contributed by atoms with Crippen molar-refractivity contribution in [2.45, 2.75) is 40.5 Å². The van der Waals surface area contributed by atoms with E-state index < -0.39 is 0 Å². The van der Waals surface area contributed by atoms with Crippen LogP contribution in [0.1, 0.15) is 55.9 Å². The van der Waals surface area contributed by atoms with Gasteiger partial charge in [0.25, 0.3) is 0 Å². The molecule has 1 aromatic heterocycles. The minimum atomic E-state index is 1.09. The van der Waals surface area contributed by atoms with Crippen LogP contribution in [0.3, 0.4) is 0 Å². The molecule has 2 heteroatoms. The van der Waals surface area contributed by atoms with E-state index >= 15 is 0 Å². The van der Waals surface area contributed by atoms with E-state index in [1.807, 2.05) is 26.0 Å². The fraction of sp³-hybridized carbons (Fsp3) is 0.111. The molecule has 2 nitrogen and oxygen atoms in total. The van der Waals surface area contributed by atoms with Gasteiger partial charge in [-0.15, -0.1) is 0 Å². The lowest BCUT2D eigenvalue weighted by atomic mass is 9.92. The zero-order valence-electron chi connectivity index (χ0n) is 33.0. The fourth-order valence-electron chi connectivity index (χ4n) is 7.78. The number of nitrogens with zero attached hydrogens (tertiary/aromatic N) is 2. The Kier molecular flexibility index (Phi) is 11.9. The van der Waals surface area contributed by atoms with Crippen LogP contribution in [0.4, 0.5) is 11.4 Å². The normalized spacial score (nSPS) is 12.9. The van der Waals surface area contributed by atoms with E-state index in [1.54, 1.807) is 6.08 Å². The van der Waals surface area contributed by atoms with Crippen molar-refractivity contribution in [1.82, 2.24) is 4.57 Å². The minimum Gasteiger partial charge on any atom is -0.316 e. The third-order valence-electron chi connectivity index (χ3n) is 10.4. The van der Waals surface area contributed by atoms with Gasteiger partial charge in [0, 0.05) is 33.9 Å². The van der Waals surface area contributed by atoms with Crippen molar-refractivity contribution in [3.63, 3.8) is 0 Å². The number of aromatic nitrogens is 1. The predicted octanol–water partition coefficient (Wildman–Crippen LogP) is 15.4. The molecule has 0 atom stereocenters. The molecule has 0 fully saturated rings. The van der Waals surface area contributed by atoms with Gasteiger partial charge in [-0.1, -0.05) is 154 Å². The average molecular weight is 727 g/mol. The van der Waals surface area contributed by atoms with E-state index in [0.717, 1.165) is 24.2 Å². The summed E-state index contributed by atoms with van der Waals surface area (Å²) < 4.78 is 2.37. The molecule has 56 heavy (non-hydrogen) atoms. The molecular formula is C54H50N2. The Morgan fingerprint density at radius 1 is 0.661 bits per heavy atom. The Morgan fingerprint density at radius 2 is 1.36 bits per heavy atom. The van der Waals surface area contributed by atoms with Gasteiger partial charge in [-0.05, 0) is 120 Å². The minimum absolute atomic E-state index is 1.09. The van der Waals surface area contributed by atoms with Crippen molar-refractivity contribution in [3.8, 4) is 16.8 Å². The first-order valence-electron chi connectivity index (χ1n) is 19.8. The first-order valence-corrected chi connectivity index (χ1v) is 19.8. The molecule has 0 saturated carbocycles. The Morgan fingerprint density at radius 3 is 2.11 bits per heavy atom. The molecule has 1 aliphatic rings. The van der Waals surface area contributed by atoms with Gasteiger partial charge < -0.3 is 9.47 Å². The van der Waals surface area contributed by atoms with Crippen molar-refractivity contribution in [2.75, 3.05) is 4.90 Å². The number of hydrogen-bond acceptors (Lipinski definition) is 1. The van der Waals surface area contributed by atoms with Gasteiger partial charge in [0.05, 0.1) is 16.7 Å². The zero-order chi connectivity index (χ0) is 38.9. The molecule has 276 valence electrons. The second-order valence-corrected chi connectivity index (χ2v) is 13.7. The number of hydrogen-bond donors (Lipinski definition) is 0. The number of anilines is 2. The molecule has 0 spiro atoms. The van der Waals surface area contributed by atoms with Crippen LogP contribution >= 0.6 is 0 Å². The van der Waals surface area contributed by atoms with Crippen LogP contribution in [0.5, 0.6) is 0 Å². The van der Waals surface area contributed by atoms with Crippen molar-refractivity contribution < 1.29 is 0 Å². The number of aryl methyl sites for hydroxylation is 1. The number of para-hydroxylation sites is 3. The van der Waals surface area contributed by atoms with Crippen LogP contribution in [0.25, 0.3) is 49.8 Å². The molecule has 0 radical (unpaired) electrons. The summed E-state index contributed by atoms with van der Waals surface area (Å²) in [6, 6.07) is 50.8. The molecule has 0 N–H and O–H groups in total. The maximum absolute atomic E-state index is 3.87. The van der Waals surface area contributed by atoms with Crippen LogP contribution < -0.4 is 4.90 Å². The summed E-state index contributed by atoms with van der Waals surface area (Å²) in [5, 5.41) is 2.50. The lowest BCUT2D eigenvalue weighted by Gasteiger charge is -2.27. The summed E-state index contributed by atoms with van der Waals surface area (Å²) >= 11 is 0. The van der Waals surface area contributed by atoms with Gasteiger partial charge in [0.1, 0.15) is 0 Å². The summed E-state index contributed by atoms with van der Waals surface area (Å²) in [6.45, 7) is 12.2. The van der Waals surface area contributed by atoms with Crippen LogP contribution in [0, 0.1) is 6.92 Å². The summed E-state index contributed by atoms with van der Waals surface area (Å²) in [5.74, 6) is 0. The van der Waals surface area contributed by atoms with Crippen LogP contribution in [-0.2, 0) is 0 Å². The predicted molar refractivity (Wildman–Crippen MR) is 245 cm³/mol. The fourth-order valence-corrected chi connectivity index (χ4v) is 7.78. The average Bonchev–Trinajstić information content (AvgIpc) is 3.60. The molecule has 0 bridgehead atoms. The van der Waals surface area contributed by atoms with E-state index in [1.165, 1.54) is 72.0 Å². The van der Waals surface area contributed by atoms with Gasteiger partial charge in [-0.2, -0.15) is 0 Å². The highest BCUT2D eigenvalue weighted by atomic mass is 15.1. The van der Waals surface area contributed by atoms with Crippen molar-refractivity contribution in [1.29, 1.82) is 0 Å². The Hall–Kier alpha value is -6.64. The molecule has 0 amide bonds. The molecular weight excluding hydrogens is 677 g/mol. The highest BCUT2D eigenvalue weighted by Crippen LogP contribution is 2.40. The third-order valence-corrected chi connectivity index (χ3v) is 10.4. The quantitative estimate of drug-likeness (QED) is 0.127. The third kappa shape index (κ3) is 7.65. The van der Waals surface area contributed by atoms with E-state index in [0.29, 0.717) is 0 Å². The number of benzene rings is 6. The number of allylic oxidation sites excluding steroid dienone is 9. The maximum atomic E-state index is 3.87. The molecule has 0 aliphatic heterocycles. The molecule has 8 rings (SSSR count). The molecule has 1 heterocycles. The van der Waals surface area contributed by atoms with Crippen LogP contribution in [0.15, 0.2) is 201 Å². The lowest BCUT2D eigenvalue weighted by Crippen LogP contribution is -2.12. The van der Waals surface area contributed by atoms with E-state index in [9.17, 15) is 0 Å². The van der Waals surface area contributed by atoms with Gasteiger partial charge in [-0.25, -0.2) is 0 Å². The smallest absolute Gasteiger partial charge is 0.0541 e. The van der Waals surface area contributed by atoms with Gasteiger partial charge in [0.2, 0.25) is 0 Å². The second kappa shape index (κ2) is 17.7. The van der Waals surface area contributed by atoms with Crippen LogP contribution in [-0.4, -0.2) is 4.57 Å². The Labute approximate surface area is 333 Å². The maximum Gasteiger partial charge on any atom is 0.0541 e. The number of rotatable bonds is 10. The first-order chi connectivity index (χ1) is 27.6. The zero-order valence-corrected chi connectivity index (χ0v) is 33.0. The topological polar surface area (TPSA) is 8.17 Å². The summed E-state index contributed by atoms with van der Waals surface area (Å²) in [7, 11) is 0. The van der Waals surface area contributed by atoms with E-state index in [4.69, 9.17) is 0 Å². The van der Waals surface area contributed by atoms with Crippen molar-refractivity contribution in [3.05, 3.63) is 223 Å². The molecule has 1 aliphatic carbocycles. The summed E-state index contributed by atoms with van der Waals surface area (Å²) in [4.78, 5) is 2.32.